The molecule has 1 fully saturated rings. The monoisotopic (exact) mass is 265 g/mol. The van der Waals surface area contributed by atoms with Crippen molar-refractivity contribution in [1.82, 2.24) is 10.2 Å². The fraction of sp³-hybridized carbons (Fsp3) is 0.571. The van der Waals surface area contributed by atoms with Crippen molar-refractivity contribution in [2.75, 3.05) is 44.8 Å². The molecule has 1 unspecified atom stereocenters. The van der Waals surface area contributed by atoms with Crippen molar-refractivity contribution in [2.45, 2.75) is 17.4 Å². The maximum atomic E-state index is 3.50. The van der Waals surface area contributed by atoms with E-state index in [9.17, 15) is 0 Å². The second kappa shape index (κ2) is 7.02. The molecule has 1 saturated heterocycles. The van der Waals surface area contributed by atoms with E-state index in [0.717, 1.165) is 26.2 Å². The van der Waals surface area contributed by atoms with E-state index in [4.69, 9.17) is 0 Å². The molecule has 1 heterocycles. The van der Waals surface area contributed by atoms with Crippen molar-refractivity contribution in [3.05, 3.63) is 24.3 Å². The summed E-state index contributed by atoms with van der Waals surface area (Å²) in [6.45, 7) is 4.43. The minimum absolute atomic E-state index is 0.664. The normalized spacial score (nSPS) is 20.9. The number of rotatable bonds is 5. The predicted molar refractivity (Wildman–Crippen MR) is 80.6 cm³/mol. The van der Waals surface area contributed by atoms with Gasteiger partial charge in [0.1, 0.15) is 0 Å². The number of benzene rings is 1. The molecule has 4 heteroatoms. The molecule has 2 N–H and O–H groups in total. The van der Waals surface area contributed by atoms with E-state index >= 15 is 0 Å². The standard InChI is InChI=1S/C14H23N3S/c1-17-10-9-15-11-13(17)7-8-16-12-3-5-14(18-2)6-4-12/h3-6,13,15-16H,7-11H2,1-2H3. The Hall–Kier alpha value is -0.710. The van der Waals surface area contributed by atoms with Crippen molar-refractivity contribution in [3.63, 3.8) is 0 Å². The number of anilines is 1. The highest BCUT2D eigenvalue weighted by Gasteiger charge is 2.17. The average molecular weight is 265 g/mol. The Labute approximate surface area is 114 Å². The SMILES string of the molecule is CSc1ccc(NCCC2CNCCN2C)cc1. The third-order valence-corrected chi connectivity index (χ3v) is 4.28. The second-order valence-electron chi connectivity index (χ2n) is 4.78. The van der Waals surface area contributed by atoms with Crippen LogP contribution >= 0.6 is 11.8 Å². The summed E-state index contributed by atoms with van der Waals surface area (Å²) in [7, 11) is 2.22. The van der Waals surface area contributed by atoms with Crippen molar-refractivity contribution >= 4 is 17.4 Å². The lowest BCUT2D eigenvalue weighted by Gasteiger charge is -2.33. The lowest BCUT2D eigenvalue weighted by atomic mass is 10.1. The molecule has 0 radical (unpaired) electrons. The van der Waals surface area contributed by atoms with Crippen LogP contribution in [-0.2, 0) is 0 Å². The Bertz CT molecular complexity index is 353. The van der Waals surface area contributed by atoms with Gasteiger partial charge in [-0.3, -0.25) is 0 Å². The molecule has 3 nitrogen and oxygen atoms in total. The molecule has 1 aromatic carbocycles. The molecular formula is C14H23N3S. The van der Waals surface area contributed by atoms with Crippen molar-refractivity contribution in [3.8, 4) is 0 Å². The first-order chi connectivity index (χ1) is 8.79. The van der Waals surface area contributed by atoms with Gasteiger partial charge in [-0.1, -0.05) is 0 Å². The zero-order valence-electron chi connectivity index (χ0n) is 11.3. The van der Waals surface area contributed by atoms with Gasteiger partial charge in [0.05, 0.1) is 0 Å². The average Bonchev–Trinajstić information content (AvgIpc) is 2.42. The van der Waals surface area contributed by atoms with Crippen LogP contribution in [0.1, 0.15) is 6.42 Å². The van der Waals surface area contributed by atoms with Crippen LogP contribution in [0.2, 0.25) is 0 Å². The quantitative estimate of drug-likeness (QED) is 0.798. The van der Waals surface area contributed by atoms with Crippen LogP contribution in [-0.4, -0.2) is 50.4 Å². The van der Waals surface area contributed by atoms with Crippen molar-refractivity contribution < 1.29 is 0 Å². The molecule has 0 saturated carbocycles. The number of thioether (sulfide) groups is 1. The summed E-state index contributed by atoms with van der Waals surface area (Å²) >= 11 is 1.78. The van der Waals surface area contributed by atoms with Gasteiger partial charge in [0, 0.05) is 42.8 Å². The molecule has 0 amide bonds. The van der Waals surface area contributed by atoms with Gasteiger partial charge >= 0.3 is 0 Å². The van der Waals surface area contributed by atoms with E-state index in [0.29, 0.717) is 6.04 Å². The number of nitrogens with one attached hydrogen (secondary N) is 2. The summed E-state index contributed by atoms with van der Waals surface area (Å²) in [6, 6.07) is 9.32. The van der Waals surface area contributed by atoms with Gasteiger partial charge in [0.2, 0.25) is 0 Å². The minimum Gasteiger partial charge on any atom is -0.385 e. The fourth-order valence-electron chi connectivity index (χ4n) is 2.28. The van der Waals surface area contributed by atoms with Gasteiger partial charge < -0.3 is 15.5 Å². The molecule has 1 aromatic rings. The molecule has 2 rings (SSSR count). The maximum absolute atomic E-state index is 3.50. The second-order valence-corrected chi connectivity index (χ2v) is 5.66. The Morgan fingerprint density at radius 3 is 2.83 bits per heavy atom. The molecule has 1 aliphatic rings. The summed E-state index contributed by atoms with van der Waals surface area (Å²) in [4.78, 5) is 3.77. The van der Waals surface area contributed by atoms with Crippen LogP contribution in [0, 0.1) is 0 Å². The van der Waals surface area contributed by atoms with E-state index < -0.39 is 0 Å². The summed E-state index contributed by atoms with van der Waals surface area (Å²) < 4.78 is 0. The van der Waals surface area contributed by atoms with Gasteiger partial charge in [0.25, 0.3) is 0 Å². The molecule has 18 heavy (non-hydrogen) atoms. The number of nitrogens with zero attached hydrogens (tertiary/aromatic N) is 1. The molecule has 0 aliphatic carbocycles. The Morgan fingerprint density at radius 2 is 2.17 bits per heavy atom. The van der Waals surface area contributed by atoms with Gasteiger partial charge in [-0.25, -0.2) is 0 Å². The number of likely N-dealkylation sites (N-methyl/N-ethyl adjacent to an activating group) is 1. The van der Waals surface area contributed by atoms with Crippen molar-refractivity contribution in [2.24, 2.45) is 0 Å². The zero-order chi connectivity index (χ0) is 12.8. The molecule has 100 valence electrons. The zero-order valence-corrected chi connectivity index (χ0v) is 12.1. The lowest BCUT2D eigenvalue weighted by molar-refractivity contribution is 0.194. The third kappa shape index (κ3) is 3.90. The topological polar surface area (TPSA) is 27.3 Å². The molecule has 1 atom stereocenters. The highest BCUT2D eigenvalue weighted by molar-refractivity contribution is 7.98. The molecular weight excluding hydrogens is 242 g/mol. The van der Waals surface area contributed by atoms with E-state index in [1.54, 1.807) is 11.8 Å². The van der Waals surface area contributed by atoms with Gasteiger partial charge in [-0.15, -0.1) is 11.8 Å². The van der Waals surface area contributed by atoms with Crippen molar-refractivity contribution in [1.29, 1.82) is 0 Å². The predicted octanol–water partition coefficient (Wildman–Crippen LogP) is 2.11. The van der Waals surface area contributed by atoms with E-state index in [-0.39, 0.29) is 0 Å². The van der Waals surface area contributed by atoms with Gasteiger partial charge in [-0.2, -0.15) is 0 Å². The van der Waals surface area contributed by atoms with Gasteiger partial charge in [-0.05, 0) is 44.0 Å². The first-order valence-corrected chi connectivity index (χ1v) is 7.81. The minimum atomic E-state index is 0.664. The molecule has 0 bridgehead atoms. The smallest absolute Gasteiger partial charge is 0.0340 e. The van der Waals surface area contributed by atoms with E-state index in [2.05, 4.69) is 53.1 Å². The van der Waals surface area contributed by atoms with Crippen LogP contribution in [0.15, 0.2) is 29.2 Å². The van der Waals surface area contributed by atoms with E-state index in [1.807, 2.05) is 0 Å². The highest BCUT2D eigenvalue weighted by atomic mass is 32.2. The first kappa shape index (κ1) is 13.7. The van der Waals surface area contributed by atoms with Crippen LogP contribution in [0.25, 0.3) is 0 Å². The van der Waals surface area contributed by atoms with Crippen LogP contribution < -0.4 is 10.6 Å². The Morgan fingerprint density at radius 1 is 1.39 bits per heavy atom. The number of piperazine rings is 1. The largest absolute Gasteiger partial charge is 0.385 e. The molecule has 0 spiro atoms. The Balaban J connectivity index is 1.73. The van der Waals surface area contributed by atoms with Crippen LogP contribution in [0.5, 0.6) is 0 Å². The fourth-order valence-corrected chi connectivity index (χ4v) is 2.69. The highest BCUT2D eigenvalue weighted by Crippen LogP contribution is 2.17. The summed E-state index contributed by atoms with van der Waals surface area (Å²) in [5.41, 5.74) is 1.22. The molecule has 1 aliphatic heterocycles. The van der Waals surface area contributed by atoms with E-state index in [1.165, 1.54) is 17.0 Å². The maximum Gasteiger partial charge on any atom is 0.0340 e. The Kier molecular flexibility index (Phi) is 5.35. The molecule has 0 aromatic heterocycles. The summed E-state index contributed by atoms with van der Waals surface area (Å²) in [5.74, 6) is 0. The number of hydrogen-bond donors (Lipinski definition) is 2. The third-order valence-electron chi connectivity index (χ3n) is 3.54. The number of hydrogen-bond acceptors (Lipinski definition) is 4. The lowest BCUT2D eigenvalue weighted by Crippen LogP contribution is -2.49. The van der Waals surface area contributed by atoms with Gasteiger partial charge in [0.15, 0.2) is 0 Å². The summed E-state index contributed by atoms with van der Waals surface area (Å²) in [6.07, 6.45) is 3.29. The van der Waals surface area contributed by atoms with Crippen LogP contribution in [0.4, 0.5) is 5.69 Å². The summed E-state index contributed by atoms with van der Waals surface area (Å²) in [5, 5.41) is 6.96. The van der Waals surface area contributed by atoms with Crippen LogP contribution in [0.3, 0.4) is 0 Å². The first-order valence-electron chi connectivity index (χ1n) is 6.58.